The SMILES string of the molecule is CC1(O)CCCN(c2ccc(Cl)cc2C=O)C1. The molecular weight excluding hydrogens is 238 g/mol. The first-order valence-electron chi connectivity index (χ1n) is 5.74. The quantitative estimate of drug-likeness (QED) is 0.824. The molecule has 1 aliphatic rings. The van der Waals surface area contributed by atoms with Gasteiger partial charge in [-0.15, -0.1) is 0 Å². The normalized spacial score (nSPS) is 24.8. The highest BCUT2D eigenvalue weighted by molar-refractivity contribution is 6.31. The second kappa shape index (κ2) is 4.67. The summed E-state index contributed by atoms with van der Waals surface area (Å²) in [5, 5.41) is 10.6. The molecule has 1 heterocycles. The van der Waals surface area contributed by atoms with Crippen LogP contribution in [0.1, 0.15) is 30.1 Å². The highest BCUT2D eigenvalue weighted by Gasteiger charge is 2.29. The number of aliphatic hydroxyl groups is 1. The van der Waals surface area contributed by atoms with E-state index in [2.05, 4.69) is 0 Å². The molecule has 1 aromatic rings. The Morgan fingerprint density at radius 3 is 2.94 bits per heavy atom. The fourth-order valence-corrected chi connectivity index (χ4v) is 2.51. The molecule has 0 aliphatic carbocycles. The number of carbonyl (C=O) groups is 1. The fraction of sp³-hybridized carbons (Fsp3) is 0.462. The summed E-state index contributed by atoms with van der Waals surface area (Å²) in [5.74, 6) is 0. The van der Waals surface area contributed by atoms with Gasteiger partial charge in [0.2, 0.25) is 0 Å². The van der Waals surface area contributed by atoms with Gasteiger partial charge in [-0.3, -0.25) is 4.79 Å². The summed E-state index contributed by atoms with van der Waals surface area (Å²) in [7, 11) is 0. The van der Waals surface area contributed by atoms with E-state index < -0.39 is 5.60 Å². The van der Waals surface area contributed by atoms with Crippen LogP contribution in [0.25, 0.3) is 0 Å². The van der Waals surface area contributed by atoms with E-state index >= 15 is 0 Å². The number of piperidine rings is 1. The first-order chi connectivity index (χ1) is 8.02. The van der Waals surface area contributed by atoms with Gasteiger partial charge in [0.25, 0.3) is 0 Å². The largest absolute Gasteiger partial charge is 0.388 e. The number of hydrogen-bond donors (Lipinski definition) is 1. The third-order valence-corrected chi connectivity index (χ3v) is 3.37. The monoisotopic (exact) mass is 253 g/mol. The van der Waals surface area contributed by atoms with Gasteiger partial charge in [0.15, 0.2) is 6.29 Å². The van der Waals surface area contributed by atoms with Crippen LogP contribution in [-0.2, 0) is 0 Å². The van der Waals surface area contributed by atoms with Crippen molar-refractivity contribution in [2.24, 2.45) is 0 Å². The molecule has 0 radical (unpaired) electrons. The molecule has 0 saturated carbocycles. The molecule has 3 nitrogen and oxygen atoms in total. The maximum Gasteiger partial charge on any atom is 0.152 e. The van der Waals surface area contributed by atoms with E-state index in [1.807, 2.05) is 17.9 Å². The summed E-state index contributed by atoms with van der Waals surface area (Å²) >= 11 is 5.86. The van der Waals surface area contributed by atoms with Crippen molar-refractivity contribution >= 4 is 23.6 Å². The minimum atomic E-state index is -0.682. The Bertz CT molecular complexity index is 431. The fourth-order valence-electron chi connectivity index (χ4n) is 2.33. The molecule has 1 saturated heterocycles. The third-order valence-electron chi connectivity index (χ3n) is 3.13. The predicted molar refractivity (Wildman–Crippen MR) is 68.9 cm³/mol. The Balaban J connectivity index is 2.30. The van der Waals surface area contributed by atoms with E-state index in [1.54, 1.807) is 12.1 Å². The van der Waals surface area contributed by atoms with E-state index in [-0.39, 0.29) is 0 Å². The molecule has 0 spiro atoms. The molecule has 1 atom stereocenters. The molecule has 0 bridgehead atoms. The Morgan fingerprint density at radius 1 is 1.53 bits per heavy atom. The first kappa shape index (κ1) is 12.4. The second-order valence-corrected chi connectivity index (χ2v) is 5.28. The van der Waals surface area contributed by atoms with Gasteiger partial charge >= 0.3 is 0 Å². The van der Waals surface area contributed by atoms with Gasteiger partial charge in [0, 0.05) is 29.4 Å². The van der Waals surface area contributed by atoms with Crippen molar-refractivity contribution < 1.29 is 9.90 Å². The van der Waals surface area contributed by atoms with E-state index in [1.165, 1.54) is 0 Å². The van der Waals surface area contributed by atoms with Gasteiger partial charge in [0.05, 0.1) is 5.60 Å². The Hall–Kier alpha value is -1.06. The summed E-state index contributed by atoms with van der Waals surface area (Å²) in [4.78, 5) is 13.1. The van der Waals surface area contributed by atoms with Gasteiger partial charge in [-0.25, -0.2) is 0 Å². The highest BCUT2D eigenvalue weighted by atomic mass is 35.5. The van der Waals surface area contributed by atoms with Gasteiger partial charge in [0.1, 0.15) is 0 Å². The predicted octanol–water partition coefficient (Wildman–Crippen LogP) is 2.50. The topological polar surface area (TPSA) is 40.5 Å². The number of benzene rings is 1. The van der Waals surface area contributed by atoms with Crippen LogP contribution in [0.3, 0.4) is 0 Å². The van der Waals surface area contributed by atoms with E-state index in [4.69, 9.17) is 11.6 Å². The number of nitrogens with zero attached hydrogens (tertiary/aromatic N) is 1. The van der Waals surface area contributed by atoms with Crippen LogP contribution in [0.4, 0.5) is 5.69 Å². The van der Waals surface area contributed by atoms with E-state index in [0.29, 0.717) is 17.1 Å². The maximum atomic E-state index is 11.0. The smallest absolute Gasteiger partial charge is 0.152 e. The van der Waals surface area contributed by atoms with Gasteiger partial charge in [-0.1, -0.05) is 11.6 Å². The lowest BCUT2D eigenvalue weighted by Crippen LogP contribution is -2.46. The molecule has 17 heavy (non-hydrogen) atoms. The van der Waals surface area contributed by atoms with Crippen LogP contribution in [0.5, 0.6) is 0 Å². The number of aldehydes is 1. The summed E-state index contributed by atoms with van der Waals surface area (Å²) < 4.78 is 0. The number of rotatable bonds is 2. The van der Waals surface area contributed by atoms with Crippen molar-refractivity contribution in [3.05, 3.63) is 28.8 Å². The average Bonchev–Trinajstić information content (AvgIpc) is 2.27. The standard InChI is InChI=1S/C13H16ClNO2/c1-13(17)5-2-6-15(9-13)12-4-3-11(14)7-10(12)8-16/h3-4,7-8,17H,2,5-6,9H2,1H3. The zero-order valence-electron chi connectivity index (χ0n) is 9.82. The van der Waals surface area contributed by atoms with Crippen LogP contribution in [0.2, 0.25) is 5.02 Å². The van der Waals surface area contributed by atoms with Crippen LogP contribution in [0, 0.1) is 0 Å². The minimum Gasteiger partial charge on any atom is -0.388 e. The Labute approximate surface area is 106 Å². The second-order valence-electron chi connectivity index (χ2n) is 4.84. The zero-order valence-corrected chi connectivity index (χ0v) is 10.6. The Kier molecular flexibility index (Phi) is 3.40. The molecule has 1 unspecified atom stereocenters. The van der Waals surface area contributed by atoms with Crippen LogP contribution < -0.4 is 4.90 Å². The van der Waals surface area contributed by atoms with Crippen molar-refractivity contribution in [2.75, 3.05) is 18.0 Å². The zero-order chi connectivity index (χ0) is 12.5. The summed E-state index contributed by atoms with van der Waals surface area (Å²) in [6.45, 7) is 3.24. The lowest BCUT2D eigenvalue weighted by molar-refractivity contribution is 0.0448. The van der Waals surface area contributed by atoms with Crippen molar-refractivity contribution in [3.8, 4) is 0 Å². The number of anilines is 1. The summed E-state index contributed by atoms with van der Waals surface area (Å²) in [6, 6.07) is 5.27. The van der Waals surface area contributed by atoms with Crippen LogP contribution >= 0.6 is 11.6 Å². The number of carbonyl (C=O) groups excluding carboxylic acids is 1. The molecule has 1 aliphatic heterocycles. The number of hydrogen-bond acceptors (Lipinski definition) is 3. The maximum absolute atomic E-state index is 11.0. The van der Waals surface area contributed by atoms with Crippen molar-refractivity contribution in [1.29, 1.82) is 0 Å². The molecule has 1 fully saturated rings. The first-order valence-corrected chi connectivity index (χ1v) is 6.12. The lowest BCUT2D eigenvalue weighted by Gasteiger charge is -2.38. The third kappa shape index (κ3) is 2.79. The minimum absolute atomic E-state index is 0.551. The van der Waals surface area contributed by atoms with Gasteiger partial charge < -0.3 is 10.0 Å². The molecular formula is C13H16ClNO2. The molecule has 1 aromatic carbocycles. The number of halogens is 1. The lowest BCUT2D eigenvalue weighted by atomic mass is 9.94. The van der Waals surface area contributed by atoms with Crippen molar-refractivity contribution in [1.82, 2.24) is 0 Å². The molecule has 2 rings (SSSR count). The van der Waals surface area contributed by atoms with Crippen molar-refractivity contribution in [3.63, 3.8) is 0 Å². The van der Waals surface area contributed by atoms with Gasteiger partial charge in [-0.2, -0.15) is 0 Å². The Morgan fingerprint density at radius 2 is 2.29 bits per heavy atom. The highest BCUT2D eigenvalue weighted by Crippen LogP contribution is 2.29. The van der Waals surface area contributed by atoms with Crippen molar-refractivity contribution in [2.45, 2.75) is 25.4 Å². The summed E-state index contributed by atoms with van der Waals surface area (Å²) in [6.07, 6.45) is 2.53. The molecule has 92 valence electrons. The van der Waals surface area contributed by atoms with Gasteiger partial charge in [-0.05, 0) is 38.0 Å². The molecule has 1 N–H and O–H groups in total. The molecule has 4 heteroatoms. The summed E-state index contributed by atoms with van der Waals surface area (Å²) in [5.41, 5.74) is 0.748. The molecule has 0 aromatic heterocycles. The molecule has 0 amide bonds. The van der Waals surface area contributed by atoms with E-state index in [0.717, 1.165) is 31.4 Å². The van der Waals surface area contributed by atoms with Crippen LogP contribution in [0.15, 0.2) is 18.2 Å². The number of β-amino-alcohol motifs (C(OH)–C–C–N with tert-alkyl or cyclic N) is 1. The van der Waals surface area contributed by atoms with Crippen LogP contribution in [-0.4, -0.2) is 30.1 Å². The van der Waals surface area contributed by atoms with E-state index in [9.17, 15) is 9.90 Å². The average molecular weight is 254 g/mol.